The number of aromatic nitrogens is 1. The predicted octanol–water partition coefficient (Wildman–Crippen LogP) is 2.02. The number of para-hydroxylation sites is 1. The molecule has 0 atom stereocenters. The van der Waals surface area contributed by atoms with E-state index in [9.17, 15) is 4.79 Å². The summed E-state index contributed by atoms with van der Waals surface area (Å²) in [6, 6.07) is 8.93. The molecule has 2 rings (SSSR count). The minimum absolute atomic E-state index is 0.0316. The van der Waals surface area contributed by atoms with Crippen molar-refractivity contribution < 1.29 is 15.0 Å². The molecular formula is C12H11NO3S. The Kier molecular flexibility index (Phi) is 3.61. The van der Waals surface area contributed by atoms with Gasteiger partial charge in [0, 0.05) is 16.0 Å². The highest BCUT2D eigenvalue weighted by Gasteiger charge is 2.10. The van der Waals surface area contributed by atoms with Gasteiger partial charge in [0.2, 0.25) is 0 Å². The Bertz CT molecular complexity index is 556. The second-order valence-corrected chi connectivity index (χ2v) is 4.54. The van der Waals surface area contributed by atoms with Gasteiger partial charge in [-0.2, -0.15) is 0 Å². The highest BCUT2D eigenvalue weighted by molar-refractivity contribution is 7.99. The number of thioether (sulfide) groups is 1. The summed E-state index contributed by atoms with van der Waals surface area (Å²) in [6.07, 6.45) is 0. The van der Waals surface area contributed by atoms with Crippen LogP contribution in [0, 0.1) is 0 Å². The molecule has 1 aromatic heterocycles. The minimum Gasteiger partial charge on any atom is -0.477 e. The number of aliphatic hydroxyl groups is 1. The molecule has 2 aromatic rings. The summed E-state index contributed by atoms with van der Waals surface area (Å²) >= 11 is 1.43. The van der Waals surface area contributed by atoms with Crippen molar-refractivity contribution in [2.24, 2.45) is 0 Å². The average molecular weight is 249 g/mol. The summed E-state index contributed by atoms with van der Waals surface area (Å²) in [5.74, 6) is -0.505. The first kappa shape index (κ1) is 11.9. The number of nitrogens with zero attached hydrogens (tertiary/aromatic N) is 1. The van der Waals surface area contributed by atoms with Crippen molar-refractivity contribution in [1.29, 1.82) is 0 Å². The molecule has 1 heterocycles. The van der Waals surface area contributed by atoms with Crippen molar-refractivity contribution in [3.63, 3.8) is 0 Å². The van der Waals surface area contributed by atoms with E-state index in [4.69, 9.17) is 10.2 Å². The lowest BCUT2D eigenvalue weighted by molar-refractivity contribution is 0.0690. The molecule has 0 amide bonds. The van der Waals surface area contributed by atoms with Crippen LogP contribution in [-0.2, 0) is 0 Å². The Morgan fingerprint density at radius 3 is 2.82 bits per heavy atom. The van der Waals surface area contributed by atoms with E-state index in [-0.39, 0.29) is 12.3 Å². The first-order valence-electron chi connectivity index (χ1n) is 5.09. The lowest BCUT2D eigenvalue weighted by Gasteiger charge is -2.06. The molecule has 0 saturated heterocycles. The van der Waals surface area contributed by atoms with Crippen LogP contribution < -0.4 is 0 Å². The van der Waals surface area contributed by atoms with E-state index in [1.165, 1.54) is 11.8 Å². The van der Waals surface area contributed by atoms with Crippen LogP contribution in [0.2, 0.25) is 0 Å². The Hall–Kier alpha value is -1.59. The highest BCUT2D eigenvalue weighted by atomic mass is 32.2. The van der Waals surface area contributed by atoms with E-state index in [1.807, 2.05) is 18.2 Å². The van der Waals surface area contributed by atoms with Gasteiger partial charge in [0.25, 0.3) is 0 Å². The van der Waals surface area contributed by atoms with E-state index in [0.717, 1.165) is 10.3 Å². The zero-order chi connectivity index (χ0) is 12.3. The molecule has 0 unspecified atom stereocenters. The average Bonchev–Trinajstić information content (AvgIpc) is 2.35. The maximum absolute atomic E-state index is 10.9. The van der Waals surface area contributed by atoms with Gasteiger partial charge < -0.3 is 10.2 Å². The van der Waals surface area contributed by atoms with Crippen LogP contribution in [0.1, 0.15) is 10.5 Å². The largest absolute Gasteiger partial charge is 0.477 e. The summed E-state index contributed by atoms with van der Waals surface area (Å²) in [6.45, 7) is 0.0592. The molecule has 17 heavy (non-hydrogen) atoms. The van der Waals surface area contributed by atoms with Gasteiger partial charge in [0.15, 0.2) is 0 Å². The molecule has 0 radical (unpaired) electrons. The van der Waals surface area contributed by atoms with Crippen molar-refractivity contribution >= 4 is 28.6 Å². The fourth-order valence-electron chi connectivity index (χ4n) is 1.53. The Balaban J connectivity index is 2.56. The summed E-state index contributed by atoms with van der Waals surface area (Å²) in [5, 5.41) is 18.7. The molecule has 0 aliphatic carbocycles. The Morgan fingerprint density at radius 2 is 2.12 bits per heavy atom. The first-order chi connectivity index (χ1) is 8.22. The van der Waals surface area contributed by atoms with Crippen LogP contribution in [-0.4, -0.2) is 33.5 Å². The number of fused-ring (bicyclic) bond motifs is 1. The number of carbonyl (C=O) groups is 1. The molecular weight excluding hydrogens is 238 g/mol. The van der Waals surface area contributed by atoms with Crippen molar-refractivity contribution in [3.8, 4) is 0 Å². The molecule has 4 nitrogen and oxygen atoms in total. The molecule has 0 aliphatic rings. The van der Waals surface area contributed by atoms with Gasteiger partial charge in [-0.15, -0.1) is 11.8 Å². The van der Waals surface area contributed by atoms with Gasteiger partial charge in [-0.25, -0.2) is 9.78 Å². The maximum atomic E-state index is 10.9. The van der Waals surface area contributed by atoms with E-state index < -0.39 is 5.97 Å². The standard InChI is InChI=1S/C12H11NO3S/c14-5-6-17-11-7-10(12(15)16)13-9-4-2-1-3-8(9)11/h1-4,7,14H,5-6H2,(H,15,16). The number of carboxylic acids is 1. The van der Waals surface area contributed by atoms with Gasteiger partial charge in [0.1, 0.15) is 5.69 Å². The fourth-order valence-corrected chi connectivity index (χ4v) is 2.36. The number of hydrogen-bond acceptors (Lipinski definition) is 4. The Morgan fingerprint density at radius 1 is 1.35 bits per heavy atom. The van der Waals surface area contributed by atoms with Crippen LogP contribution in [0.25, 0.3) is 10.9 Å². The molecule has 1 aromatic carbocycles. The van der Waals surface area contributed by atoms with Gasteiger partial charge in [-0.3, -0.25) is 0 Å². The second kappa shape index (κ2) is 5.16. The monoisotopic (exact) mass is 249 g/mol. The van der Waals surface area contributed by atoms with Crippen LogP contribution >= 0.6 is 11.8 Å². The SMILES string of the molecule is O=C(O)c1cc(SCCO)c2ccccc2n1. The highest BCUT2D eigenvalue weighted by Crippen LogP contribution is 2.27. The Labute approximate surface area is 102 Å². The summed E-state index contributed by atoms with van der Waals surface area (Å²) in [7, 11) is 0. The van der Waals surface area contributed by atoms with E-state index in [2.05, 4.69) is 4.98 Å². The summed E-state index contributed by atoms with van der Waals surface area (Å²) in [5.41, 5.74) is 0.692. The van der Waals surface area contributed by atoms with Crippen molar-refractivity contribution in [3.05, 3.63) is 36.0 Å². The molecule has 5 heteroatoms. The smallest absolute Gasteiger partial charge is 0.354 e. The normalized spacial score (nSPS) is 10.6. The fraction of sp³-hybridized carbons (Fsp3) is 0.167. The third-order valence-electron chi connectivity index (χ3n) is 2.25. The number of rotatable bonds is 4. The zero-order valence-corrected chi connectivity index (χ0v) is 9.78. The minimum atomic E-state index is -1.04. The van der Waals surface area contributed by atoms with Crippen LogP contribution in [0.4, 0.5) is 0 Å². The van der Waals surface area contributed by atoms with Gasteiger partial charge in [-0.1, -0.05) is 18.2 Å². The predicted molar refractivity (Wildman–Crippen MR) is 66.5 cm³/mol. The topological polar surface area (TPSA) is 70.4 Å². The lowest BCUT2D eigenvalue weighted by atomic mass is 10.2. The number of hydrogen-bond donors (Lipinski definition) is 2. The van der Waals surface area contributed by atoms with Crippen LogP contribution in [0.3, 0.4) is 0 Å². The van der Waals surface area contributed by atoms with Crippen molar-refractivity contribution in [1.82, 2.24) is 4.98 Å². The molecule has 0 spiro atoms. The number of pyridine rings is 1. The van der Waals surface area contributed by atoms with E-state index in [1.54, 1.807) is 12.1 Å². The number of carboxylic acid groups (broad SMARTS) is 1. The maximum Gasteiger partial charge on any atom is 0.354 e. The summed E-state index contributed by atoms with van der Waals surface area (Å²) < 4.78 is 0. The van der Waals surface area contributed by atoms with E-state index in [0.29, 0.717) is 11.3 Å². The van der Waals surface area contributed by atoms with Crippen molar-refractivity contribution in [2.75, 3.05) is 12.4 Å². The third kappa shape index (κ3) is 2.57. The summed E-state index contributed by atoms with van der Waals surface area (Å²) in [4.78, 5) is 15.9. The van der Waals surface area contributed by atoms with Gasteiger partial charge in [-0.05, 0) is 12.1 Å². The van der Waals surface area contributed by atoms with E-state index >= 15 is 0 Å². The number of benzene rings is 1. The molecule has 2 N–H and O–H groups in total. The molecule has 0 saturated carbocycles. The second-order valence-electron chi connectivity index (χ2n) is 3.40. The van der Waals surface area contributed by atoms with Gasteiger partial charge >= 0.3 is 5.97 Å². The third-order valence-corrected chi connectivity index (χ3v) is 3.28. The number of aromatic carboxylic acids is 1. The number of aliphatic hydroxyl groups excluding tert-OH is 1. The van der Waals surface area contributed by atoms with Crippen LogP contribution in [0.15, 0.2) is 35.2 Å². The first-order valence-corrected chi connectivity index (χ1v) is 6.07. The molecule has 0 bridgehead atoms. The zero-order valence-electron chi connectivity index (χ0n) is 8.96. The molecule has 0 aliphatic heterocycles. The van der Waals surface area contributed by atoms with Crippen LogP contribution in [0.5, 0.6) is 0 Å². The lowest BCUT2D eigenvalue weighted by Crippen LogP contribution is -2.01. The van der Waals surface area contributed by atoms with Gasteiger partial charge in [0.05, 0.1) is 12.1 Å². The van der Waals surface area contributed by atoms with Crippen molar-refractivity contribution in [2.45, 2.75) is 4.90 Å². The quantitative estimate of drug-likeness (QED) is 0.811. The molecule has 88 valence electrons. The molecule has 0 fully saturated rings.